The van der Waals surface area contributed by atoms with Crippen molar-refractivity contribution >= 4 is 22.7 Å². The molecule has 48 heavy (non-hydrogen) atoms. The summed E-state index contributed by atoms with van der Waals surface area (Å²) in [5.74, 6) is 27.3. The van der Waals surface area contributed by atoms with Crippen molar-refractivity contribution in [3.63, 3.8) is 0 Å². The highest BCUT2D eigenvalue weighted by Crippen LogP contribution is 2.31. The van der Waals surface area contributed by atoms with Crippen LogP contribution in [0.5, 0.6) is 0 Å². The van der Waals surface area contributed by atoms with Gasteiger partial charge >= 0.3 is 0 Å². The Labute approximate surface area is 299 Å². The first-order valence-electron chi connectivity index (χ1n) is 16.5. The number of hydrogen-bond donors (Lipinski definition) is 0. The fourth-order valence-electron chi connectivity index (χ4n) is 4.66. The van der Waals surface area contributed by atoms with Gasteiger partial charge in [0, 0.05) is 11.1 Å². The van der Waals surface area contributed by atoms with E-state index in [2.05, 4.69) is 167 Å². The first kappa shape index (κ1) is 36.7. The highest BCUT2D eigenvalue weighted by molar-refractivity contribution is 7.10. The van der Waals surface area contributed by atoms with Crippen LogP contribution in [0.25, 0.3) is 0 Å². The van der Waals surface area contributed by atoms with Crippen molar-refractivity contribution in [1.29, 1.82) is 0 Å². The van der Waals surface area contributed by atoms with E-state index in [0.29, 0.717) is 11.1 Å². The number of hydrogen-bond acceptors (Lipinski definition) is 2. The number of thiophene rings is 2. The van der Waals surface area contributed by atoms with Crippen molar-refractivity contribution < 1.29 is 0 Å². The molecule has 0 fully saturated rings. The van der Waals surface area contributed by atoms with E-state index in [9.17, 15) is 0 Å². The van der Waals surface area contributed by atoms with Gasteiger partial charge in [-0.1, -0.05) is 131 Å². The summed E-state index contributed by atoms with van der Waals surface area (Å²) in [7, 11) is 0. The summed E-state index contributed by atoms with van der Waals surface area (Å²) in [4.78, 5) is 1.96. The van der Waals surface area contributed by atoms with Crippen LogP contribution in [0.1, 0.15) is 126 Å². The second-order valence-electron chi connectivity index (χ2n) is 16.3. The van der Waals surface area contributed by atoms with Crippen molar-refractivity contribution in [2.45, 2.75) is 105 Å². The molecule has 0 atom stereocenters. The van der Waals surface area contributed by atoms with Crippen molar-refractivity contribution in [2.24, 2.45) is 0 Å². The molecule has 0 nitrogen and oxygen atoms in total. The van der Waals surface area contributed by atoms with Crippen molar-refractivity contribution in [3.05, 3.63) is 126 Å². The Kier molecular flexibility index (Phi) is 11.1. The van der Waals surface area contributed by atoms with Gasteiger partial charge in [0.05, 0.1) is 20.9 Å². The summed E-state index contributed by atoms with van der Waals surface area (Å²) in [6, 6.07) is 21.6. The van der Waals surface area contributed by atoms with E-state index < -0.39 is 0 Å². The molecule has 2 heteroatoms. The molecule has 4 rings (SSSR count). The van der Waals surface area contributed by atoms with Crippen LogP contribution in [0.15, 0.2) is 82.6 Å². The first-order valence-corrected chi connectivity index (χ1v) is 18.3. The molecular weight excluding hydrogens is 617 g/mol. The Hall–Kier alpha value is -4.18. The van der Waals surface area contributed by atoms with Crippen LogP contribution in [0.4, 0.5) is 0 Å². The van der Waals surface area contributed by atoms with Crippen molar-refractivity contribution in [1.82, 2.24) is 0 Å². The fourth-order valence-corrected chi connectivity index (χ4v) is 5.80. The lowest BCUT2D eigenvalue weighted by Gasteiger charge is -2.25. The summed E-state index contributed by atoms with van der Waals surface area (Å²) < 4.78 is 0. The molecule has 0 N–H and O–H groups in total. The number of rotatable bonds is 0. The van der Waals surface area contributed by atoms with Crippen LogP contribution in [0.3, 0.4) is 0 Å². The monoisotopic (exact) mass is 664 g/mol. The normalized spacial score (nSPS) is 11.5. The van der Waals surface area contributed by atoms with E-state index in [1.807, 2.05) is 35.0 Å². The van der Waals surface area contributed by atoms with E-state index in [0.717, 1.165) is 20.9 Å². The summed E-state index contributed by atoms with van der Waals surface area (Å²) in [6.07, 6.45) is 0. The van der Waals surface area contributed by atoms with Crippen LogP contribution in [-0.2, 0) is 21.7 Å². The minimum atomic E-state index is -0.0114. The summed E-state index contributed by atoms with van der Waals surface area (Å²) in [5.41, 5.74) is 8.19. The maximum atomic E-state index is 3.50. The molecule has 244 valence electrons. The molecule has 0 amide bonds. The van der Waals surface area contributed by atoms with Gasteiger partial charge in [-0.05, 0) is 115 Å². The number of benzene rings is 2. The Morgan fingerprint density at radius 1 is 0.417 bits per heavy atom. The van der Waals surface area contributed by atoms with Crippen molar-refractivity contribution in [3.8, 4) is 47.4 Å². The van der Waals surface area contributed by atoms with Gasteiger partial charge < -0.3 is 0 Å². The summed E-state index contributed by atoms with van der Waals surface area (Å²) >= 11 is 3.23. The first-order chi connectivity index (χ1) is 22.3. The molecule has 0 aliphatic carbocycles. The smallest absolute Gasteiger partial charge is 0.0993 e. The maximum Gasteiger partial charge on any atom is 0.0993 e. The lowest BCUT2D eigenvalue weighted by molar-refractivity contribution is 0.567. The molecule has 0 radical (unpaired) electrons. The predicted octanol–water partition coefficient (Wildman–Crippen LogP) is 11.8. The average molecular weight is 665 g/mol. The quantitative estimate of drug-likeness (QED) is 0.164. The minimum Gasteiger partial charge on any atom is -0.135 e. The fraction of sp³-hybridized carbons (Fsp3) is 0.348. The number of allylic oxidation sites excluding steroid dienone is 2. The molecule has 4 aromatic rings. The van der Waals surface area contributed by atoms with Crippen LogP contribution < -0.4 is 0 Å². The van der Waals surface area contributed by atoms with E-state index >= 15 is 0 Å². The molecule has 0 aliphatic heterocycles. The molecule has 2 heterocycles. The van der Waals surface area contributed by atoms with Crippen LogP contribution in [-0.4, -0.2) is 0 Å². The third-order valence-corrected chi connectivity index (χ3v) is 9.48. The van der Waals surface area contributed by atoms with Gasteiger partial charge in [-0.25, -0.2) is 0 Å². The third kappa shape index (κ3) is 10.4. The zero-order valence-electron chi connectivity index (χ0n) is 30.7. The maximum absolute atomic E-state index is 3.50. The SMILES string of the molecule is CC(C)(C)c1cc(C#CC(C#Cc2cc(C(C)(C)C)cc(C(C)(C)C)c2)=C(C#Cc2cccs2)C#Cc2cccs2)cc(C(C)(C)C)c1. The summed E-state index contributed by atoms with van der Waals surface area (Å²) in [6.45, 7) is 27.0. The molecule has 0 unspecified atom stereocenters. The van der Waals surface area contributed by atoms with E-state index in [-0.39, 0.29) is 21.7 Å². The molecule has 0 saturated heterocycles. The van der Waals surface area contributed by atoms with Gasteiger partial charge in [-0.3, -0.25) is 0 Å². The molecule has 2 aromatic carbocycles. The Morgan fingerprint density at radius 2 is 0.708 bits per heavy atom. The van der Waals surface area contributed by atoms with Gasteiger partial charge in [0.25, 0.3) is 0 Å². The molecule has 0 spiro atoms. The second-order valence-corrected chi connectivity index (χ2v) is 18.2. The van der Waals surface area contributed by atoms with E-state index in [1.54, 1.807) is 22.7 Å². The highest BCUT2D eigenvalue weighted by atomic mass is 32.1. The van der Waals surface area contributed by atoms with Gasteiger partial charge in [0.2, 0.25) is 0 Å². The van der Waals surface area contributed by atoms with Gasteiger partial charge in [-0.2, -0.15) is 0 Å². The molecule has 0 saturated carbocycles. The summed E-state index contributed by atoms with van der Waals surface area (Å²) in [5, 5.41) is 4.07. The highest BCUT2D eigenvalue weighted by Gasteiger charge is 2.21. The van der Waals surface area contributed by atoms with Gasteiger partial charge in [0.1, 0.15) is 0 Å². The Morgan fingerprint density at radius 3 is 0.958 bits per heavy atom. The lowest BCUT2D eigenvalue weighted by Crippen LogP contribution is -2.16. The molecule has 2 aromatic heterocycles. The minimum absolute atomic E-state index is 0.0114. The second kappa shape index (κ2) is 14.5. The zero-order chi connectivity index (χ0) is 35.3. The van der Waals surface area contributed by atoms with Crippen molar-refractivity contribution in [2.75, 3.05) is 0 Å². The molecule has 0 bridgehead atoms. The van der Waals surface area contributed by atoms with E-state index in [4.69, 9.17) is 0 Å². The van der Waals surface area contributed by atoms with Gasteiger partial charge in [-0.15, -0.1) is 22.7 Å². The van der Waals surface area contributed by atoms with E-state index in [1.165, 1.54) is 22.3 Å². The lowest BCUT2D eigenvalue weighted by atomic mass is 9.79. The molecule has 0 aliphatic rings. The standard InChI is InChI=1S/C46H48S2/c1-43(2,3)37-27-33(28-38(31-37)44(4,5)6)17-19-35(20-18-34-29-39(45(7,8)9)32-40(30-34)46(10,11)12)36(21-23-41-15-13-25-47-41)22-24-42-16-14-26-48-42/h13-16,25-32H,1-12H3. The largest absolute Gasteiger partial charge is 0.135 e. The zero-order valence-corrected chi connectivity index (χ0v) is 32.4. The predicted molar refractivity (Wildman–Crippen MR) is 211 cm³/mol. The van der Waals surface area contributed by atoms with Crippen LogP contribution >= 0.6 is 22.7 Å². The Balaban J connectivity index is 2.01. The van der Waals surface area contributed by atoms with Crippen LogP contribution in [0.2, 0.25) is 0 Å². The third-order valence-electron chi connectivity index (χ3n) is 7.91. The van der Waals surface area contributed by atoms with Crippen LogP contribution in [0, 0.1) is 47.4 Å². The van der Waals surface area contributed by atoms with Gasteiger partial charge in [0.15, 0.2) is 0 Å². The topological polar surface area (TPSA) is 0 Å². The average Bonchev–Trinajstić information content (AvgIpc) is 3.70. The Bertz CT molecular complexity index is 1820. The molecular formula is C46H48S2.